The molecule has 0 spiro atoms. The Hall–Kier alpha value is -1.00. The lowest BCUT2D eigenvalue weighted by Crippen LogP contribution is -2.26. The second-order valence-electron chi connectivity index (χ2n) is 2.60. The van der Waals surface area contributed by atoms with Crippen molar-refractivity contribution in [2.45, 2.75) is 19.1 Å². The van der Waals surface area contributed by atoms with E-state index < -0.39 is 0 Å². The van der Waals surface area contributed by atoms with Crippen molar-refractivity contribution in [2.24, 2.45) is 5.73 Å². The van der Waals surface area contributed by atoms with Crippen LogP contribution in [0.5, 0.6) is 0 Å². The summed E-state index contributed by atoms with van der Waals surface area (Å²) in [7, 11) is 1.63. The summed E-state index contributed by atoms with van der Waals surface area (Å²) in [6.45, 7) is 1.90. The first kappa shape index (κ1) is 9.09. The third kappa shape index (κ3) is 1.99. The van der Waals surface area contributed by atoms with Crippen LogP contribution in [0.15, 0.2) is 18.6 Å². The fraction of sp³-hybridized carbons (Fsp3) is 0.500. The molecule has 12 heavy (non-hydrogen) atoms. The SMILES string of the molecule is COC(C)C(N)c1cnccn1. The van der Waals surface area contributed by atoms with Crippen molar-refractivity contribution in [1.82, 2.24) is 9.97 Å². The van der Waals surface area contributed by atoms with Gasteiger partial charge in [0.15, 0.2) is 0 Å². The van der Waals surface area contributed by atoms with Crippen LogP contribution < -0.4 is 5.73 Å². The van der Waals surface area contributed by atoms with Gasteiger partial charge in [0.1, 0.15) is 0 Å². The first-order valence-corrected chi connectivity index (χ1v) is 3.80. The molecule has 4 heteroatoms. The van der Waals surface area contributed by atoms with Crippen molar-refractivity contribution in [3.63, 3.8) is 0 Å². The molecule has 1 aromatic rings. The van der Waals surface area contributed by atoms with Gasteiger partial charge in [0.05, 0.1) is 24.0 Å². The first-order valence-electron chi connectivity index (χ1n) is 3.80. The molecular weight excluding hydrogens is 154 g/mol. The Morgan fingerprint density at radius 1 is 1.50 bits per heavy atom. The van der Waals surface area contributed by atoms with Gasteiger partial charge in [-0.2, -0.15) is 0 Å². The predicted molar refractivity (Wildman–Crippen MR) is 45.4 cm³/mol. The largest absolute Gasteiger partial charge is 0.380 e. The third-order valence-corrected chi connectivity index (χ3v) is 1.80. The molecule has 1 aromatic heterocycles. The predicted octanol–water partition coefficient (Wildman–Crippen LogP) is 0.511. The normalized spacial score (nSPS) is 15.6. The van der Waals surface area contributed by atoms with Crippen LogP contribution in [-0.4, -0.2) is 23.2 Å². The molecular formula is C8H13N3O. The molecule has 4 nitrogen and oxygen atoms in total. The maximum atomic E-state index is 5.82. The standard InChI is InChI=1S/C8H13N3O/c1-6(12-2)8(9)7-5-10-3-4-11-7/h3-6,8H,9H2,1-2H3. The molecule has 2 atom stereocenters. The van der Waals surface area contributed by atoms with Gasteiger partial charge in [0.25, 0.3) is 0 Å². The number of hydrogen-bond acceptors (Lipinski definition) is 4. The average molecular weight is 167 g/mol. The van der Waals surface area contributed by atoms with Gasteiger partial charge < -0.3 is 10.5 Å². The zero-order chi connectivity index (χ0) is 8.97. The summed E-state index contributed by atoms with van der Waals surface area (Å²) in [6.07, 6.45) is 4.85. The second kappa shape index (κ2) is 4.13. The fourth-order valence-corrected chi connectivity index (χ4v) is 0.870. The van der Waals surface area contributed by atoms with E-state index in [1.54, 1.807) is 25.7 Å². The van der Waals surface area contributed by atoms with Gasteiger partial charge in [-0.15, -0.1) is 0 Å². The van der Waals surface area contributed by atoms with Crippen molar-refractivity contribution >= 4 is 0 Å². The van der Waals surface area contributed by atoms with E-state index in [2.05, 4.69) is 9.97 Å². The smallest absolute Gasteiger partial charge is 0.0780 e. The number of methoxy groups -OCH3 is 1. The number of nitrogens with two attached hydrogens (primary N) is 1. The Labute approximate surface area is 71.8 Å². The van der Waals surface area contributed by atoms with Crippen molar-refractivity contribution in [2.75, 3.05) is 7.11 Å². The highest BCUT2D eigenvalue weighted by atomic mass is 16.5. The molecule has 0 radical (unpaired) electrons. The Kier molecular flexibility index (Phi) is 3.13. The van der Waals surface area contributed by atoms with Gasteiger partial charge in [-0.1, -0.05) is 0 Å². The van der Waals surface area contributed by atoms with E-state index in [1.165, 1.54) is 0 Å². The molecule has 0 aliphatic heterocycles. The van der Waals surface area contributed by atoms with Crippen LogP contribution in [-0.2, 0) is 4.74 Å². The van der Waals surface area contributed by atoms with Gasteiger partial charge in [-0.25, -0.2) is 0 Å². The lowest BCUT2D eigenvalue weighted by molar-refractivity contribution is 0.0943. The molecule has 0 amide bonds. The van der Waals surface area contributed by atoms with Crippen LogP contribution in [0.1, 0.15) is 18.7 Å². The second-order valence-corrected chi connectivity index (χ2v) is 2.60. The molecule has 1 rings (SSSR count). The highest BCUT2D eigenvalue weighted by molar-refractivity contribution is 5.02. The molecule has 1 heterocycles. The summed E-state index contributed by atoms with van der Waals surface area (Å²) in [6, 6.07) is -0.205. The van der Waals surface area contributed by atoms with Crippen LogP contribution in [0.4, 0.5) is 0 Å². The number of rotatable bonds is 3. The van der Waals surface area contributed by atoms with E-state index in [0.717, 1.165) is 5.69 Å². The van der Waals surface area contributed by atoms with E-state index in [-0.39, 0.29) is 12.1 Å². The highest BCUT2D eigenvalue weighted by Crippen LogP contribution is 2.11. The molecule has 2 unspecified atom stereocenters. The Morgan fingerprint density at radius 2 is 2.25 bits per heavy atom. The lowest BCUT2D eigenvalue weighted by atomic mass is 10.1. The molecule has 0 aromatic carbocycles. The van der Waals surface area contributed by atoms with Crippen LogP contribution in [0.2, 0.25) is 0 Å². The Balaban J connectivity index is 2.71. The summed E-state index contributed by atoms with van der Waals surface area (Å²) in [5.41, 5.74) is 6.58. The Bertz CT molecular complexity index is 227. The number of ether oxygens (including phenoxy) is 1. The lowest BCUT2D eigenvalue weighted by Gasteiger charge is -2.16. The van der Waals surface area contributed by atoms with Gasteiger partial charge in [-0.05, 0) is 6.92 Å². The zero-order valence-electron chi connectivity index (χ0n) is 7.27. The molecule has 2 N–H and O–H groups in total. The molecule has 66 valence electrons. The topological polar surface area (TPSA) is 61.0 Å². The van der Waals surface area contributed by atoms with Crippen LogP contribution in [0.25, 0.3) is 0 Å². The van der Waals surface area contributed by atoms with E-state index >= 15 is 0 Å². The maximum absolute atomic E-state index is 5.82. The van der Waals surface area contributed by atoms with Crippen molar-refractivity contribution in [3.8, 4) is 0 Å². The minimum atomic E-state index is -0.205. The van der Waals surface area contributed by atoms with E-state index in [9.17, 15) is 0 Å². The molecule has 0 bridgehead atoms. The third-order valence-electron chi connectivity index (χ3n) is 1.80. The molecule has 0 fully saturated rings. The van der Waals surface area contributed by atoms with Gasteiger partial charge >= 0.3 is 0 Å². The van der Waals surface area contributed by atoms with Gasteiger partial charge in [0, 0.05) is 19.5 Å². The van der Waals surface area contributed by atoms with E-state index in [0.29, 0.717) is 0 Å². The maximum Gasteiger partial charge on any atom is 0.0780 e. The summed E-state index contributed by atoms with van der Waals surface area (Å²) < 4.78 is 5.07. The summed E-state index contributed by atoms with van der Waals surface area (Å²) in [5, 5.41) is 0. The minimum absolute atomic E-state index is 0.0401. The average Bonchev–Trinajstić information content (AvgIpc) is 2.17. The fourth-order valence-electron chi connectivity index (χ4n) is 0.870. The van der Waals surface area contributed by atoms with Gasteiger partial charge in [-0.3, -0.25) is 9.97 Å². The van der Waals surface area contributed by atoms with Crippen molar-refractivity contribution < 1.29 is 4.74 Å². The van der Waals surface area contributed by atoms with Crippen molar-refractivity contribution in [1.29, 1.82) is 0 Å². The van der Waals surface area contributed by atoms with Gasteiger partial charge in [0.2, 0.25) is 0 Å². The first-order chi connectivity index (χ1) is 5.75. The zero-order valence-corrected chi connectivity index (χ0v) is 7.27. The molecule has 0 aliphatic rings. The molecule has 0 saturated carbocycles. The quantitative estimate of drug-likeness (QED) is 0.712. The molecule has 0 aliphatic carbocycles. The summed E-state index contributed by atoms with van der Waals surface area (Å²) in [4.78, 5) is 8.00. The van der Waals surface area contributed by atoms with Crippen molar-refractivity contribution in [3.05, 3.63) is 24.3 Å². The van der Waals surface area contributed by atoms with Crippen LogP contribution in [0, 0.1) is 0 Å². The summed E-state index contributed by atoms with van der Waals surface area (Å²) in [5.74, 6) is 0. The number of hydrogen-bond donors (Lipinski definition) is 1. The monoisotopic (exact) mass is 167 g/mol. The van der Waals surface area contributed by atoms with E-state index in [4.69, 9.17) is 10.5 Å². The van der Waals surface area contributed by atoms with E-state index in [1.807, 2.05) is 6.92 Å². The number of aromatic nitrogens is 2. The van der Waals surface area contributed by atoms with Crippen LogP contribution >= 0.6 is 0 Å². The van der Waals surface area contributed by atoms with Crippen LogP contribution in [0.3, 0.4) is 0 Å². The highest BCUT2D eigenvalue weighted by Gasteiger charge is 2.14. The minimum Gasteiger partial charge on any atom is -0.380 e. The molecule has 0 saturated heterocycles. The summed E-state index contributed by atoms with van der Waals surface area (Å²) >= 11 is 0. The number of nitrogens with zero attached hydrogens (tertiary/aromatic N) is 2. The Morgan fingerprint density at radius 3 is 2.75 bits per heavy atom.